The molecule has 0 radical (unpaired) electrons. The third kappa shape index (κ3) is 3.27. The Morgan fingerprint density at radius 1 is 1.25 bits per heavy atom. The first-order valence-electron chi connectivity index (χ1n) is 6.77. The number of hydrogen-bond donors (Lipinski definition) is 3. The van der Waals surface area contributed by atoms with Crippen LogP contribution in [-0.2, 0) is 6.54 Å². The summed E-state index contributed by atoms with van der Waals surface area (Å²) in [5, 5.41) is 17.5. The average molecular weight is 294 g/mol. The molecule has 5 heteroatoms. The second-order valence-electron chi connectivity index (χ2n) is 5.11. The van der Waals surface area contributed by atoms with Crippen LogP contribution >= 0.6 is 12.4 Å². The molecule has 2 aromatic rings. The highest BCUT2D eigenvalue weighted by atomic mass is 35.5. The topological polar surface area (TPSA) is 57.2 Å². The van der Waals surface area contributed by atoms with E-state index in [0.29, 0.717) is 12.5 Å². The van der Waals surface area contributed by atoms with E-state index in [0.717, 1.165) is 25.2 Å². The number of benzene rings is 1. The molecule has 0 saturated carbocycles. The summed E-state index contributed by atoms with van der Waals surface area (Å²) in [6.07, 6.45) is 1.61. The molecule has 20 heavy (non-hydrogen) atoms. The van der Waals surface area contributed by atoms with Gasteiger partial charge in [0.15, 0.2) is 0 Å². The molecule has 1 aliphatic rings. The molecule has 2 unspecified atom stereocenters. The second-order valence-corrected chi connectivity index (χ2v) is 5.11. The van der Waals surface area contributed by atoms with E-state index < -0.39 is 0 Å². The van der Waals surface area contributed by atoms with Crippen molar-refractivity contribution in [3.05, 3.63) is 42.1 Å². The van der Waals surface area contributed by atoms with E-state index in [1.54, 1.807) is 0 Å². The maximum absolute atomic E-state index is 9.74. The number of β-amino-alcohol motifs (C(OH)–C–C–N with tert-alkyl or cyclic N) is 1. The van der Waals surface area contributed by atoms with Crippen LogP contribution in [0.1, 0.15) is 5.56 Å². The van der Waals surface area contributed by atoms with E-state index in [1.807, 2.05) is 12.3 Å². The molecule has 1 fully saturated rings. The van der Waals surface area contributed by atoms with Crippen molar-refractivity contribution >= 4 is 23.3 Å². The Balaban J connectivity index is 0.00000147. The summed E-state index contributed by atoms with van der Waals surface area (Å²) in [4.78, 5) is 4.44. The molecule has 0 amide bonds. The normalized spacial score (nSPS) is 21.9. The molecule has 3 rings (SSSR count). The summed E-state index contributed by atoms with van der Waals surface area (Å²) in [6.45, 7) is 3.22. The van der Waals surface area contributed by atoms with E-state index in [2.05, 4.69) is 39.9 Å². The molecular weight excluding hydrogens is 274 g/mol. The lowest BCUT2D eigenvalue weighted by atomic mass is 10.1. The fourth-order valence-corrected chi connectivity index (χ4v) is 2.63. The monoisotopic (exact) mass is 293 g/mol. The van der Waals surface area contributed by atoms with Gasteiger partial charge in [-0.3, -0.25) is 4.98 Å². The SMILES string of the molecule is Cl.OC1CNCC1CNCc1cccc2cccnc12. The van der Waals surface area contributed by atoms with Gasteiger partial charge in [-0.2, -0.15) is 0 Å². The molecule has 0 aliphatic carbocycles. The second kappa shape index (κ2) is 6.99. The highest BCUT2D eigenvalue weighted by Gasteiger charge is 2.24. The zero-order chi connectivity index (χ0) is 13.1. The smallest absolute Gasteiger partial charge is 0.0746 e. The number of aromatic nitrogens is 1. The zero-order valence-electron chi connectivity index (χ0n) is 11.2. The lowest BCUT2D eigenvalue weighted by molar-refractivity contribution is 0.146. The molecule has 0 bridgehead atoms. The molecule has 1 aromatic carbocycles. The Hall–Kier alpha value is -1.20. The fraction of sp³-hybridized carbons (Fsp3) is 0.400. The molecular formula is C15H20ClN3O. The standard InChI is InChI=1S/C15H19N3O.ClH/c19-14-10-17-9-13(14)8-16-7-12-4-1-3-11-5-2-6-18-15(11)12;/h1-6,13-14,16-17,19H,7-10H2;1H. The third-order valence-electron chi connectivity index (χ3n) is 3.74. The first-order chi connectivity index (χ1) is 9.34. The number of aliphatic hydroxyl groups excluding tert-OH is 1. The number of halogens is 1. The van der Waals surface area contributed by atoms with Crippen LogP contribution in [0, 0.1) is 5.92 Å². The predicted molar refractivity (Wildman–Crippen MR) is 83.1 cm³/mol. The van der Waals surface area contributed by atoms with Crippen molar-refractivity contribution in [1.82, 2.24) is 15.6 Å². The molecule has 108 valence electrons. The summed E-state index contributed by atoms with van der Waals surface area (Å²) in [5.74, 6) is 0.308. The molecule has 1 aromatic heterocycles. The van der Waals surface area contributed by atoms with Gasteiger partial charge in [-0.1, -0.05) is 24.3 Å². The van der Waals surface area contributed by atoms with Gasteiger partial charge in [0.25, 0.3) is 0 Å². The number of fused-ring (bicyclic) bond motifs is 1. The third-order valence-corrected chi connectivity index (χ3v) is 3.74. The first kappa shape index (κ1) is 15.2. The number of para-hydroxylation sites is 1. The molecule has 1 aliphatic heterocycles. The van der Waals surface area contributed by atoms with Gasteiger partial charge in [0.05, 0.1) is 11.6 Å². The summed E-state index contributed by atoms with van der Waals surface area (Å²) in [7, 11) is 0. The Morgan fingerprint density at radius 2 is 2.10 bits per heavy atom. The van der Waals surface area contributed by atoms with Gasteiger partial charge in [-0.15, -0.1) is 12.4 Å². The maximum atomic E-state index is 9.74. The minimum Gasteiger partial charge on any atom is -0.391 e. The van der Waals surface area contributed by atoms with Crippen LogP contribution in [0.5, 0.6) is 0 Å². The van der Waals surface area contributed by atoms with E-state index >= 15 is 0 Å². The summed E-state index contributed by atoms with van der Waals surface area (Å²) in [6, 6.07) is 10.3. The van der Waals surface area contributed by atoms with Crippen LogP contribution in [0.2, 0.25) is 0 Å². The van der Waals surface area contributed by atoms with Gasteiger partial charge in [-0.25, -0.2) is 0 Å². The van der Waals surface area contributed by atoms with Crippen LogP contribution in [0.3, 0.4) is 0 Å². The number of nitrogens with zero attached hydrogens (tertiary/aromatic N) is 1. The van der Waals surface area contributed by atoms with Crippen LogP contribution in [0.15, 0.2) is 36.5 Å². The van der Waals surface area contributed by atoms with Gasteiger partial charge in [0.2, 0.25) is 0 Å². The van der Waals surface area contributed by atoms with Crippen molar-refractivity contribution in [3.63, 3.8) is 0 Å². The van der Waals surface area contributed by atoms with Crippen molar-refractivity contribution in [2.75, 3.05) is 19.6 Å². The van der Waals surface area contributed by atoms with E-state index in [-0.39, 0.29) is 18.5 Å². The van der Waals surface area contributed by atoms with Gasteiger partial charge in [0, 0.05) is 43.7 Å². The average Bonchev–Trinajstić information content (AvgIpc) is 2.85. The van der Waals surface area contributed by atoms with Crippen molar-refractivity contribution in [1.29, 1.82) is 0 Å². The van der Waals surface area contributed by atoms with E-state index in [9.17, 15) is 5.11 Å². The number of hydrogen-bond acceptors (Lipinski definition) is 4. The van der Waals surface area contributed by atoms with E-state index in [4.69, 9.17) is 0 Å². The highest BCUT2D eigenvalue weighted by molar-refractivity contribution is 5.85. The number of nitrogens with one attached hydrogen (secondary N) is 2. The number of pyridine rings is 1. The Morgan fingerprint density at radius 3 is 2.90 bits per heavy atom. The number of aliphatic hydroxyl groups is 1. The Labute approximate surface area is 125 Å². The van der Waals surface area contributed by atoms with Gasteiger partial charge in [-0.05, 0) is 11.6 Å². The lowest BCUT2D eigenvalue weighted by Crippen LogP contribution is -2.30. The van der Waals surface area contributed by atoms with Crippen molar-refractivity contribution < 1.29 is 5.11 Å². The Bertz CT molecular complexity index is 558. The van der Waals surface area contributed by atoms with Crippen LogP contribution in [0.25, 0.3) is 10.9 Å². The molecule has 1 saturated heterocycles. The van der Waals surface area contributed by atoms with Crippen molar-refractivity contribution in [2.24, 2.45) is 5.92 Å². The van der Waals surface area contributed by atoms with Gasteiger partial charge < -0.3 is 15.7 Å². The zero-order valence-corrected chi connectivity index (χ0v) is 12.1. The quantitative estimate of drug-likeness (QED) is 0.796. The molecule has 0 spiro atoms. The Kier molecular flexibility index (Phi) is 5.31. The molecule has 2 heterocycles. The summed E-state index contributed by atoms with van der Waals surface area (Å²) < 4.78 is 0. The largest absolute Gasteiger partial charge is 0.391 e. The minimum atomic E-state index is -0.224. The summed E-state index contributed by atoms with van der Waals surface area (Å²) >= 11 is 0. The predicted octanol–water partition coefficient (Wildman–Crippen LogP) is 1.33. The highest BCUT2D eigenvalue weighted by Crippen LogP contribution is 2.16. The van der Waals surface area contributed by atoms with Gasteiger partial charge in [0.1, 0.15) is 0 Å². The van der Waals surface area contributed by atoms with Crippen molar-refractivity contribution in [3.8, 4) is 0 Å². The molecule has 3 N–H and O–H groups in total. The minimum absolute atomic E-state index is 0. The van der Waals surface area contributed by atoms with Crippen LogP contribution < -0.4 is 10.6 Å². The first-order valence-corrected chi connectivity index (χ1v) is 6.77. The number of rotatable bonds is 4. The van der Waals surface area contributed by atoms with Crippen molar-refractivity contribution in [2.45, 2.75) is 12.6 Å². The summed E-state index contributed by atoms with van der Waals surface area (Å²) in [5.41, 5.74) is 2.26. The van der Waals surface area contributed by atoms with Gasteiger partial charge >= 0.3 is 0 Å². The van der Waals surface area contributed by atoms with E-state index in [1.165, 1.54) is 10.9 Å². The molecule has 4 nitrogen and oxygen atoms in total. The maximum Gasteiger partial charge on any atom is 0.0746 e. The fourth-order valence-electron chi connectivity index (χ4n) is 2.63. The molecule has 2 atom stereocenters. The van der Waals surface area contributed by atoms with Crippen LogP contribution in [0.4, 0.5) is 0 Å². The van der Waals surface area contributed by atoms with Crippen LogP contribution in [-0.4, -0.2) is 35.8 Å². The lowest BCUT2D eigenvalue weighted by Gasteiger charge is -2.14.